The predicted octanol–water partition coefficient (Wildman–Crippen LogP) is 5.14. The Morgan fingerprint density at radius 3 is 2.35 bits per heavy atom. The average Bonchev–Trinajstić information content (AvgIpc) is 3.35. The Morgan fingerprint density at radius 1 is 0.977 bits per heavy atom. The minimum atomic E-state index is -0.914. The summed E-state index contributed by atoms with van der Waals surface area (Å²) in [6.07, 6.45) is 7.57. The van der Waals surface area contributed by atoms with Gasteiger partial charge in [-0.2, -0.15) is 0 Å². The van der Waals surface area contributed by atoms with Gasteiger partial charge < -0.3 is 25.4 Å². The van der Waals surface area contributed by atoms with Crippen LogP contribution in [0.5, 0.6) is 0 Å². The number of nitrogens with zero attached hydrogens (tertiary/aromatic N) is 2. The number of rotatable bonds is 8. The highest BCUT2D eigenvalue weighted by Crippen LogP contribution is 2.37. The first kappa shape index (κ1) is 30.3. The fourth-order valence-electron chi connectivity index (χ4n) is 6.18. The first-order valence-corrected chi connectivity index (χ1v) is 15.4. The largest absolute Gasteiger partial charge is 0.364 e. The van der Waals surface area contributed by atoms with Gasteiger partial charge in [-0.1, -0.05) is 70.4 Å². The molecule has 1 aliphatic heterocycles. The molecule has 3 N–H and O–H groups in total. The minimum absolute atomic E-state index is 0.0691. The molecule has 2 heterocycles. The molecule has 1 aliphatic carbocycles. The molecule has 0 radical (unpaired) electrons. The Bertz CT molecular complexity index is 1500. The van der Waals surface area contributed by atoms with E-state index in [1.54, 1.807) is 0 Å². The number of carbonyl (C=O) groups excluding carboxylic acids is 4. The van der Waals surface area contributed by atoms with Crippen LogP contribution in [-0.4, -0.2) is 59.7 Å². The smallest absolute Gasteiger partial charge is 0.316 e. The lowest BCUT2D eigenvalue weighted by atomic mass is 9.90. The molecule has 9 heteroatoms. The lowest BCUT2D eigenvalue weighted by Crippen LogP contribution is -2.58. The van der Waals surface area contributed by atoms with Crippen molar-refractivity contribution in [1.82, 2.24) is 15.6 Å². The summed E-state index contributed by atoms with van der Waals surface area (Å²) >= 11 is 0. The van der Waals surface area contributed by atoms with Crippen molar-refractivity contribution in [3.63, 3.8) is 0 Å². The number of aromatic nitrogens is 1. The fourth-order valence-corrected chi connectivity index (χ4v) is 6.18. The van der Waals surface area contributed by atoms with Crippen LogP contribution >= 0.6 is 0 Å². The maximum absolute atomic E-state index is 14.2. The average molecular weight is 586 g/mol. The van der Waals surface area contributed by atoms with Crippen molar-refractivity contribution in [2.24, 2.45) is 5.41 Å². The van der Waals surface area contributed by atoms with E-state index in [1.807, 2.05) is 75.5 Å². The third kappa shape index (κ3) is 6.76. The van der Waals surface area contributed by atoms with Crippen molar-refractivity contribution < 1.29 is 19.2 Å². The highest BCUT2D eigenvalue weighted by molar-refractivity contribution is 6.07. The van der Waals surface area contributed by atoms with E-state index in [4.69, 9.17) is 0 Å². The van der Waals surface area contributed by atoms with E-state index < -0.39 is 23.5 Å². The summed E-state index contributed by atoms with van der Waals surface area (Å²) in [5.74, 6) is -0.587. The summed E-state index contributed by atoms with van der Waals surface area (Å²) in [6, 6.07) is 13.5. The number of nitrogens with one attached hydrogen (secondary N) is 3. The number of amides is 3. The summed E-state index contributed by atoms with van der Waals surface area (Å²) in [6.45, 7) is 7.18. The Morgan fingerprint density at radius 2 is 1.65 bits per heavy atom. The third-order valence-corrected chi connectivity index (χ3v) is 8.78. The van der Waals surface area contributed by atoms with E-state index in [0.29, 0.717) is 12.1 Å². The van der Waals surface area contributed by atoms with Gasteiger partial charge in [0.15, 0.2) is 11.6 Å². The molecule has 2 atom stereocenters. The molecule has 2 aromatic carbocycles. The highest BCUT2D eigenvalue weighted by atomic mass is 16.2. The fraction of sp³-hybridized carbons (Fsp3) is 0.471. The van der Waals surface area contributed by atoms with E-state index in [1.165, 1.54) is 18.2 Å². The van der Waals surface area contributed by atoms with Gasteiger partial charge in [0.25, 0.3) is 5.91 Å². The molecule has 3 amide bonds. The lowest BCUT2D eigenvalue weighted by molar-refractivity contribution is -0.127. The molecular formula is C34H43N5O4. The van der Waals surface area contributed by atoms with E-state index >= 15 is 0 Å². The van der Waals surface area contributed by atoms with Crippen LogP contribution in [0.15, 0.2) is 54.7 Å². The lowest BCUT2D eigenvalue weighted by Gasteiger charge is -2.37. The number of fused-ring (bicyclic) bond motifs is 2. The second-order valence-corrected chi connectivity index (χ2v) is 12.9. The molecule has 228 valence electrons. The number of ketones is 2. The quantitative estimate of drug-likeness (QED) is 0.339. The van der Waals surface area contributed by atoms with Crippen molar-refractivity contribution in [1.29, 1.82) is 0 Å². The van der Waals surface area contributed by atoms with Crippen LogP contribution in [0.25, 0.3) is 10.9 Å². The summed E-state index contributed by atoms with van der Waals surface area (Å²) in [7, 11) is 0. The predicted molar refractivity (Wildman–Crippen MR) is 169 cm³/mol. The van der Waals surface area contributed by atoms with Gasteiger partial charge in [-0.05, 0) is 43.5 Å². The Hall–Kier alpha value is -4.14. The number of hydrogen-bond donors (Lipinski definition) is 3. The van der Waals surface area contributed by atoms with Gasteiger partial charge in [-0.25, -0.2) is 4.79 Å². The molecule has 5 rings (SSSR count). The molecule has 9 nitrogen and oxygen atoms in total. The van der Waals surface area contributed by atoms with Gasteiger partial charge in [0.05, 0.1) is 24.0 Å². The molecule has 0 saturated heterocycles. The SMILES string of the molecule is CC(=O)C(Cc1c[nH]c2ccccc12)NC(=O)N[C@@H]1CN(C2CCCCC2)c2ccccc2N(CC(=O)C(C)(C)C)C1=O. The minimum Gasteiger partial charge on any atom is -0.364 e. The summed E-state index contributed by atoms with van der Waals surface area (Å²) in [5.41, 5.74) is 2.83. The van der Waals surface area contributed by atoms with Gasteiger partial charge in [0, 0.05) is 41.5 Å². The number of H-pyrrole nitrogens is 1. The van der Waals surface area contributed by atoms with Crippen molar-refractivity contribution in [3.05, 3.63) is 60.3 Å². The molecule has 0 spiro atoms. The van der Waals surface area contributed by atoms with Crippen LogP contribution in [0.2, 0.25) is 0 Å². The first-order chi connectivity index (χ1) is 20.5. The number of anilines is 2. The number of aromatic amines is 1. The zero-order valence-electron chi connectivity index (χ0n) is 25.6. The number of para-hydroxylation sites is 3. The maximum Gasteiger partial charge on any atom is 0.316 e. The zero-order valence-corrected chi connectivity index (χ0v) is 25.6. The molecule has 2 aliphatic rings. The van der Waals surface area contributed by atoms with Crippen LogP contribution in [0.3, 0.4) is 0 Å². The standard InChI is InChI=1S/C34H43N5O4/c1-22(40)27(18-23-19-35-26-15-9-8-14-25(23)26)36-33(43)37-28-20-38(24-12-6-5-7-13-24)29-16-10-11-17-30(29)39(32(28)42)21-31(41)34(2,3)4/h8-11,14-17,19,24,27-28,35H,5-7,12-13,18,20-21H2,1-4H3,(H2,36,37,43)/t27?,28-/m1/s1. The monoisotopic (exact) mass is 585 g/mol. The van der Waals surface area contributed by atoms with Gasteiger partial charge >= 0.3 is 6.03 Å². The molecule has 1 saturated carbocycles. The van der Waals surface area contributed by atoms with Crippen molar-refractivity contribution in [2.45, 2.75) is 84.3 Å². The van der Waals surface area contributed by atoms with Crippen LogP contribution in [0.4, 0.5) is 16.2 Å². The topological polar surface area (TPSA) is 115 Å². The van der Waals surface area contributed by atoms with Gasteiger partial charge in [-0.3, -0.25) is 14.4 Å². The third-order valence-electron chi connectivity index (χ3n) is 8.78. The van der Waals surface area contributed by atoms with E-state index in [-0.39, 0.29) is 36.6 Å². The number of carbonyl (C=O) groups is 4. The molecule has 1 aromatic heterocycles. The maximum atomic E-state index is 14.2. The molecule has 0 bridgehead atoms. The van der Waals surface area contributed by atoms with E-state index in [2.05, 4.69) is 20.5 Å². The molecule has 1 unspecified atom stereocenters. The van der Waals surface area contributed by atoms with Crippen LogP contribution in [0.1, 0.15) is 65.4 Å². The highest BCUT2D eigenvalue weighted by Gasteiger charge is 2.39. The first-order valence-electron chi connectivity index (χ1n) is 15.4. The van der Waals surface area contributed by atoms with Gasteiger partial charge in [0.1, 0.15) is 6.04 Å². The van der Waals surface area contributed by atoms with Gasteiger partial charge in [0.2, 0.25) is 0 Å². The summed E-state index contributed by atoms with van der Waals surface area (Å²) in [4.78, 5) is 60.5. The Kier molecular flexibility index (Phi) is 8.89. The van der Waals surface area contributed by atoms with Crippen LogP contribution in [-0.2, 0) is 20.8 Å². The van der Waals surface area contributed by atoms with Crippen LogP contribution < -0.4 is 20.4 Å². The number of hydrogen-bond acceptors (Lipinski definition) is 5. The Labute approximate surface area is 253 Å². The van der Waals surface area contributed by atoms with E-state index in [0.717, 1.165) is 47.8 Å². The molecule has 3 aromatic rings. The number of urea groups is 1. The van der Waals surface area contributed by atoms with Crippen molar-refractivity contribution >= 4 is 45.8 Å². The molecular weight excluding hydrogens is 542 g/mol. The summed E-state index contributed by atoms with van der Waals surface area (Å²) < 4.78 is 0. The molecule has 1 fully saturated rings. The summed E-state index contributed by atoms with van der Waals surface area (Å²) in [5, 5.41) is 6.73. The number of Topliss-reactive ketones (excluding diaryl/α,β-unsaturated/α-hetero) is 2. The van der Waals surface area contributed by atoms with Crippen molar-refractivity contribution in [2.75, 3.05) is 22.9 Å². The second-order valence-electron chi connectivity index (χ2n) is 12.9. The zero-order chi connectivity index (χ0) is 30.7. The Balaban J connectivity index is 1.41. The van der Waals surface area contributed by atoms with E-state index in [9.17, 15) is 19.2 Å². The van der Waals surface area contributed by atoms with Gasteiger partial charge in [-0.15, -0.1) is 0 Å². The number of benzene rings is 2. The molecule has 43 heavy (non-hydrogen) atoms. The normalized spacial score (nSPS) is 18.6. The van der Waals surface area contributed by atoms with Crippen molar-refractivity contribution in [3.8, 4) is 0 Å². The second kappa shape index (κ2) is 12.6. The van der Waals surface area contributed by atoms with Crippen LogP contribution in [0, 0.1) is 5.41 Å².